The number of aliphatic hydroxyl groups is 1. The second-order valence-corrected chi connectivity index (χ2v) is 2.77. The Morgan fingerprint density at radius 2 is 2.25 bits per heavy atom. The number of aliphatic hydroxyl groups excluding tert-OH is 1. The summed E-state index contributed by atoms with van der Waals surface area (Å²) in [6.07, 6.45) is 0.266. The van der Waals surface area contributed by atoms with Crippen LogP contribution in [0.2, 0.25) is 0 Å². The molecule has 0 aromatic rings. The van der Waals surface area contributed by atoms with Crippen molar-refractivity contribution in [3.8, 4) is 0 Å². The van der Waals surface area contributed by atoms with Crippen LogP contribution in [0.5, 0.6) is 0 Å². The normalized spacial score (nSPS) is 12.6. The molecule has 1 atom stereocenters. The average molecular weight is 174 g/mol. The molecule has 12 heavy (non-hydrogen) atoms. The molecule has 0 rings (SSSR count). The van der Waals surface area contributed by atoms with Gasteiger partial charge < -0.3 is 15.7 Å². The minimum atomic E-state index is -0.343. The number of amides is 1. The number of hydrogen-bond donors (Lipinski definition) is 3. The lowest BCUT2D eigenvalue weighted by Gasteiger charge is -2.06. The Labute approximate surface area is 73.3 Å². The molecule has 0 aliphatic carbocycles. The van der Waals surface area contributed by atoms with Crippen molar-refractivity contribution in [2.45, 2.75) is 26.4 Å². The van der Waals surface area contributed by atoms with Crippen LogP contribution in [-0.2, 0) is 4.79 Å². The van der Waals surface area contributed by atoms with Crippen LogP contribution in [0, 0.1) is 0 Å². The second kappa shape index (κ2) is 7.06. The third kappa shape index (κ3) is 7.50. The maximum Gasteiger partial charge on any atom is 0.233 e. The van der Waals surface area contributed by atoms with Crippen molar-refractivity contribution in [2.24, 2.45) is 0 Å². The fraction of sp³-hybridized carbons (Fsp3) is 0.875. The molecule has 0 aromatic heterocycles. The van der Waals surface area contributed by atoms with Crippen molar-refractivity contribution in [1.29, 1.82) is 0 Å². The number of carbonyl (C=O) groups excluding carboxylic acids is 1. The predicted octanol–water partition coefficient (Wildman–Crippen LogP) is -0.517. The van der Waals surface area contributed by atoms with Gasteiger partial charge >= 0.3 is 0 Å². The zero-order valence-electron chi connectivity index (χ0n) is 7.76. The molecule has 3 N–H and O–H groups in total. The highest BCUT2D eigenvalue weighted by molar-refractivity contribution is 5.77. The van der Waals surface area contributed by atoms with E-state index >= 15 is 0 Å². The van der Waals surface area contributed by atoms with E-state index in [0.29, 0.717) is 19.5 Å². The molecule has 0 aliphatic rings. The molecule has 0 radical (unpaired) electrons. The van der Waals surface area contributed by atoms with Crippen LogP contribution in [0.15, 0.2) is 0 Å². The highest BCUT2D eigenvalue weighted by atomic mass is 16.3. The summed E-state index contributed by atoms with van der Waals surface area (Å²) in [5.41, 5.74) is 0. The maximum absolute atomic E-state index is 10.9. The van der Waals surface area contributed by atoms with E-state index in [4.69, 9.17) is 5.11 Å². The molecule has 4 nitrogen and oxygen atoms in total. The molecule has 72 valence electrons. The zero-order chi connectivity index (χ0) is 9.40. The Bertz CT molecular complexity index is 126. The molecule has 4 heteroatoms. The van der Waals surface area contributed by atoms with E-state index in [1.54, 1.807) is 6.92 Å². The molecule has 0 fully saturated rings. The van der Waals surface area contributed by atoms with E-state index in [0.717, 1.165) is 6.54 Å². The maximum atomic E-state index is 10.9. The van der Waals surface area contributed by atoms with Gasteiger partial charge in [-0.1, -0.05) is 6.92 Å². The zero-order valence-corrected chi connectivity index (χ0v) is 7.76. The number of nitrogens with one attached hydrogen (secondary N) is 2. The molecule has 1 amide bonds. The first-order chi connectivity index (χ1) is 5.66. The summed E-state index contributed by atoms with van der Waals surface area (Å²) in [5.74, 6) is -0.0162. The summed E-state index contributed by atoms with van der Waals surface area (Å²) in [6, 6.07) is 0. The summed E-state index contributed by atoms with van der Waals surface area (Å²) < 4.78 is 0. The molecule has 0 heterocycles. The van der Waals surface area contributed by atoms with E-state index in [1.165, 1.54) is 0 Å². The predicted molar refractivity (Wildman–Crippen MR) is 47.9 cm³/mol. The van der Waals surface area contributed by atoms with Crippen LogP contribution < -0.4 is 10.6 Å². The first-order valence-electron chi connectivity index (χ1n) is 4.32. The Morgan fingerprint density at radius 3 is 2.75 bits per heavy atom. The number of carbonyl (C=O) groups is 1. The van der Waals surface area contributed by atoms with Crippen LogP contribution in [0.4, 0.5) is 0 Å². The number of likely N-dealkylation sites (N-methyl/N-ethyl adjacent to an activating group) is 1. The van der Waals surface area contributed by atoms with E-state index < -0.39 is 0 Å². The molecular formula is C8H18N2O2. The van der Waals surface area contributed by atoms with Crippen LogP contribution in [0.3, 0.4) is 0 Å². The van der Waals surface area contributed by atoms with Crippen molar-refractivity contribution in [3.63, 3.8) is 0 Å². The van der Waals surface area contributed by atoms with Crippen molar-refractivity contribution in [3.05, 3.63) is 0 Å². The highest BCUT2D eigenvalue weighted by Gasteiger charge is 1.99. The Balaban J connectivity index is 3.20. The lowest BCUT2D eigenvalue weighted by atomic mass is 10.3. The lowest BCUT2D eigenvalue weighted by molar-refractivity contribution is -0.120. The smallest absolute Gasteiger partial charge is 0.233 e. The minimum Gasteiger partial charge on any atom is -0.393 e. The monoisotopic (exact) mass is 174 g/mol. The summed E-state index contributed by atoms with van der Waals surface area (Å²) in [5, 5.41) is 14.5. The number of rotatable bonds is 6. The van der Waals surface area contributed by atoms with Crippen molar-refractivity contribution in [1.82, 2.24) is 10.6 Å². The largest absolute Gasteiger partial charge is 0.393 e. The summed E-state index contributed by atoms with van der Waals surface area (Å²) >= 11 is 0. The molecule has 1 unspecified atom stereocenters. The Kier molecular flexibility index (Phi) is 6.70. The quantitative estimate of drug-likeness (QED) is 0.508. The van der Waals surface area contributed by atoms with Crippen molar-refractivity contribution < 1.29 is 9.90 Å². The van der Waals surface area contributed by atoms with E-state index in [2.05, 4.69) is 10.6 Å². The van der Waals surface area contributed by atoms with Gasteiger partial charge in [-0.05, 0) is 19.9 Å². The van der Waals surface area contributed by atoms with Gasteiger partial charge in [0.15, 0.2) is 0 Å². The van der Waals surface area contributed by atoms with Gasteiger partial charge in [-0.15, -0.1) is 0 Å². The third-order valence-electron chi connectivity index (χ3n) is 1.42. The molecular weight excluding hydrogens is 156 g/mol. The van der Waals surface area contributed by atoms with Crippen LogP contribution in [0.1, 0.15) is 20.3 Å². The summed E-state index contributed by atoms with van der Waals surface area (Å²) in [7, 11) is 0. The van der Waals surface area contributed by atoms with Crippen molar-refractivity contribution >= 4 is 5.91 Å². The van der Waals surface area contributed by atoms with E-state index in [9.17, 15) is 4.79 Å². The van der Waals surface area contributed by atoms with Gasteiger partial charge in [0.2, 0.25) is 5.91 Å². The lowest BCUT2D eigenvalue weighted by Crippen LogP contribution is -2.35. The summed E-state index contributed by atoms with van der Waals surface area (Å²) in [4.78, 5) is 10.9. The molecule has 0 aromatic carbocycles. The van der Waals surface area contributed by atoms with Gasteiger partial charge in [0.05, 0.1) is 12.6 Å². The van der Waals surface area contributed by atoms with Gasteiger partial charge in [-0.3, -0.25) is 4.79 Å². The standard InChI is InChI=1S/C8H18N2O2/c1-3-9-6-8(12)10-5-4-7(2)11/h7,9,11H,3-6H2,1-2H3,(H,10,12). The van der Waals surface area contributed by atoms with E-state index in [1.807, 2.05) is 6.92 Å². The van der Waals surface area contributed by atoms with Crippen LogP contribution in [-0.4, -0.2) is 36.8 Å². The fourth-order valence-corrected chi connectivity index (χ4v) is 0.722. The van der Waals surface area contributed by atoms with E-state index in [-0.39, 0.29) is 12.0 Å². The SMILES string of the molecule is CCNCC(=O)NCCC(C)O. The first kappa shape index (κ1) is 11.4. The molecule has 0 saturated carbocycles. The van der Waals surface area contributed by atoms with Gasteiger partial charge in [-0.2, -0.15) is 0 Å². The van der Waals surface area contributed by atoms with Gasteiger partial charge in [-0.25, -0.2) is 0 Å². The second-order valence-electron chi connectivity index (χ2n) is 2.77. The summed E-state index contributed by atoms with van der Waals surface area (Å²) in [6.45, 7) is 5.35. The fourth-order valence-electron chi connectivity index (χ4n) is 0.722. The number of hydrogen-bond acceptors (Lipinski definition) is 3. The van der Waals surface area contributed by atoms with Crippen LogP contribution in [0.25, 0.3) is 0 Å². The van der Waals surface area contributed by atoms with Crippen molar-refractivity contribution in [2.75, 3.05) is 19.6 Å². The van der Waals surface area contributed by atoms with Gasteiger partial charge in [0, 0.05) is 6.54 Å². The van der Waals surface area contributed by atoms with Crippen LogP contribution >= 0.6 is 0 Å². The Morgan fingerprint density at radius 1 is 1.58 bits per heavy atom. The van der Waals surface area contributed by atoms with Gasteiger partial charge in [0.1, 0.15) is 0 Å². The molecule has 0 saturated heterocycles. The minimum absolute atomic E-state index is 0.0162. The third-order valence-corrected chi connectivity index (χ3v) is 1.42. The topological polar surface area (TPSA) is 61.4 Å². The highest BCUT2D eigenvalue weighted by Crippen LogP contribution is 1.85. The average Bonchev–Trinajstić information content (AvgIpc) is 2.00. The molecule has 0 aliphatic heterocycles. The molecule has 0 bridgehead atoms. The molecule has 0 spiro atoms. The first-order valence-corrected chi connectivity index (χ1v) is 4.32. The Hall–Kier alpha value is -0.610. The van der Waals surface area contributed by atoms with Gasteiger partial charge in [0.25, 0.3) is 0 Å².